The highest BCUT2D eigenvalue weighted by atomic mass is 32.1. The number of halogens is 1. The Labute approximate surface area is 145 Å². The number of hydrogen-bond acceptors (Lipinski definition) is 6. The lowest BCUT2D eigenvalue weighted by atomic mass is 10.1. The van der Waals surface area contributed by atoms with Crippen molar-refractivity contribution < 1.29 is 4.39 Å². The molecule has 2 aromatic rings. The molecule has 5 nitrogen and oxygen atoms in total. The van der Waals surface area contributed by atoms with Crippen LogP contribution in [0, 0.1) is 12.7 Å². The van der Waals surface area contributed by atoms with Crippen molar-refractivity contribution in [2.45, 2.75) is 19.5 Å². The number of hydrogen-bond donors (Lipinski definition) is 0. The van der Waals surface area contributed by atoms with E-state index in [9.17, 15) is 4.39 Å². The van der Waals surface area contributed by atoms with Gasteiger partial charge in [-0.3, -0.25) is 9.80 Å². The number of likely N-dealkylation sites (tertiary alicyclic amines) is 1. The maximum atomic E-state index is 13.0. The van der Waals surface area contributed by atoms with Crippen LogP contribution in [0.25, 0.3) is 0 Å². The van der Waals surface area contributed by atoms with Crippen molar-refractivity contribution in [3.05, 3.63) is 40.1 Å². The van der Waals surface area contributed by atoms with Gasteiger partial charge in [-0.05, 0) is 31.2 Å². The standard InChI is InChI=1S/C17H22FN5S/c1-13-19-20-17(24-13)12-21-10-16(11-21)23-8-6-22(7-9-23)15-4-2-14(18)3-5-15/h2-5,16H,6-12H2,1H3. The molecule has 0 bridgehead atoms. The third-order valence-electron chi connectivity index (χ3n) is 4.89. The van der Waals surface area contributed by atoms with Gasteiger partial charge in [0, 0.05) is 51.0 Å². The Bertz CT molecular complexity index is 675. The van der Waals surface area contributed by atoms with Gasteiger partial charge in [-0.2, -0.15) is 0 Å². The Balaban J connectivity index is 1.23. The summed E-state index contributed by atoms with van der Waals surface area (Å²) >= 11 is 1.69. The minimum absolute atomic E-state index is 0.169. The van der Waals surface area contributed by atoms with Crippen LogP contribution in [0.3, 0.4) is 0 Å². The third kappa shape index (κ3) is 3.43. The van der Waals surface area contributed by atoms with Crippen molar-refractivity contribution >= 4 is 17.0 Å². The molecule has 0 radical (unpaired) electrons. The Kier molecular flexibility index (Phi) is 4.47. The van der Waals surface area contributed by atoms with Gasteiger partial charge in [0.15, 0.2) is 0 Å². The molecule has 128 valence electrons. The monoisotopic (exact) mass is 347 g/mol. The molecule has 2 aliphatic rings. The summed E-state index contributed by atoms with van der Waals surface area (Å²) in [6, 6.07) is 7.50. The predicted molar refractivity (Wildman–Crippen MR) is 93.9 cm³/mol. The molecular formula is C17H22FN5S. The summed E-state index contributed by atoms with van der Waals surface area (Å²) in [4.78, 5) is 7.37. The van der Waals surface area contributed by atoms with Crippen LogP contribution in [0.2, 0.25) is 0 Å². The van der Waals surface area contributed by atoms with Crippen molar-refractivity contribution in [2.75, 3.05) is 44.2 Å². The summed E-state index contributed by atoms with van der Waals surface area (Å²) in [5.41, 5.74) is 1.12. The highest BCUT2D eigenvalue weighted by Crippen LogP contribution is 2.22. The van der Waals surface area contributed by atoms with Crippen LogP contribution >= 0.6 is 11.3 Å². The first kappa shape index (κ1) is 15.9. The molecule has 0 atom stereocenters. The van der Waals surface area contributed by atoms with Gasteiger partial charge in [-0.15, -0.1) is 21.5 Å². The van der Waals surface area contributed by atoms with Gasteiger partial charge in [0.1, 0.15) is 15.8 Å². The molecule has 3 heterocycles. The van der Waals surface area contributed by atoms with Gasteiger partial charge in [0.25, 0.3) is 0 Å². The molecule has 0 N–H and O–H groups in total. The van der Waals surface area contributed by atoms with Crippen molar-refractivity contribution in [3.63, 3.8) is 0 Å². The van der Waals surface area contributed by atoms with E-state index in [-0.39, 0.29) is 5.82 Å². The average molecular weight is 347 g/mol. The largest absolute Gasteiger partial charge is 0.369 e. The molecule has 1 aromatic heterocycles. The van der Waals surface area contributed by atoms with Crippen molar-refractivity contribution in [1.82, 2.24) is 20.0 Å². The lowest BCUT2D eigenvalue weighted by Gasteiger charge is -2.48. The summed E-state index contributed by atoms with van der Waals surface area (Å²) in [7, 11) is 0. The van der Waals surface area contributed by atoms with Crippen molar-refractivity contribution in [2.24, 2.45) is 0 Å². The van der Waals surface area contributed by atoms with Gasteiger partial charge in [-0.25, -0.2) is 4.39 Å². The van der Waals surface area contributed by atoms with Gasteiger partial charge >= 0.3 is 0 Å². The molecule has 2 fully saturated rings. The lowest BCUT2D eigenvalue weighted by molar-refractivity contribution is 0.0255. The number of nitrogens with zero attached hydrogens (tertiary/aromatic N) is 5. The van der Waals surface area contributed by atoms with Gasteiger partial charge in [-0.1, -0.05) is 0 Å². The first-order valence-electron chi connectivity index (χ1n) is 8.43. The second-order valence-electron chi connectivity index (χ2n) is 6.56. The Morgan fingerprint density at radius 1 is 1.08 bits per heavy atom. The molecule has 2 aliphatic heterocycles. The zero-order chi connectivity index (χ0) is 16.5. The normalized spacial score (nSPS) is 20.3. The zero-order valence-electron chi connectivity index (χ0n) is 13.9. The fourth-order valence-corrected chi connectivity index (χ4v) is 4.24. The molecular weight excluding hydrogens is 325 g/mol. The van der Waals surface area contributed by atoms with E-state index < -0.39 is 0 Å². The molecule has 0 amide bonds. The van der Waals surface area contributed by atoms with E-state index in [1.807, 2.05) is 19.1 Å². The topological polar surface area (TPSA) is 35.5 Å². The molecule has 0 spiro atoms. The molecule has 1 aromatic carbocycles. The van der Waals surface area contributed by atoms with Crippen molar-refractivity contribution in [1.29, 1.82) is 0 Å². The number of rotatable bonds is 4. The Morgan fingerprint density at radius 2 is 1.79 bits per heavy atom. The second-order valence-corrected chi connectivity index (χ2v) is 7.83. The first-order valence-corrected chi connectivity index (χ1v) is 9.25. The highest BCUT2D eigenvalue weighted by Gasteiger charge is 2.33. The lowest BCUT2D eigenvalue weighted by Crippen LogP contribution is -2.62. The Morgan fingerprint density at radius 3 is 2.42 bits per heavy atom. The quantitative estimate of drug-likeness (QED) is 0.845. The van der Waals surface area contributed by atoms with Gasteiger partial charge < -0.3 is 4.90 Å². The number of anilines is 1. The SMILES string of the molecule is Cc1nnc(CN2CC(N3CCN(c4ccc(F)cc4)CC3)C2)s1. The summed E-state index contributed by atoms with van der Waals surface area (Å²) < 4.78 is 13.0. The summed E-state index contributed by atoms with van der Waals surface area (Å²) in [6.45, 7) is 9.35. The van der Waals surface area contributed by atoms with Crippen LogP contribution < -0.4 is 4.90 Å². The summed E-state index contributed by atoms with van der Waals surface area (Å²) in [6.07, 6.45) is 0. The second kappa shape index (κ2) is 6.74. The number of aromatic nitrogens is 2. The molecule has 7 heteroatoms. The van der Waals surface area contributed by atoms with Gasteiger partial charge in [0.05, 0.1) is 6.54 Å². The number of benzene rings is 1. The zero-order valence-corrected chi connectivity index (χ0v) is 14.7. The molecule has 0 aliphatic carbocycles. The van der Waals surface area contributed by atoms with Crippen LogP contribution in [0.4, 0.5) is 10.1 Å². The summed E-state index contributed by atoms with van der Waals surface area (Å²) in [5, 5.41) is 10.4. The van der Waals surface area contributed by atoms with Crippen LogP contribution in [0.15, 0.2) is 24.3 Å². The molecule has 0 unspecified atom stereocenters. The van der Waals surface area contributed by atoms with Gasteiger partial charge in [0.2, 0.25) is 0 Å². The number of aryl methyl sites for hydroxylation is 1. The maximum Gasteiger partial charge on any atom is 0.131 e. The van der Waals surface area contributed by atoms with Crippen LogP contribution in [-0.4, -0.2) is 65.3 Å². The third-order valence-corrected chi connectivity index (χ3v) is 5.71. The van der Waals surface area contributed by atoms with Crippen LogP contribution in [-0.2, 0) is 6.54 Å². The highest BCUT2D eigenvalue weighted by molar-refractivity contribution is 7.11. The fraction of sp³-hybridized carbons (Fsp3) is 0.529. The summed E-state index contributed by atoms with van der Waals surface area (Å²) in [5.74, 6) is -0.169. The Hall–Kier alpha value is -1.57. The predicted octanol–water partition coefficient (Wildman–Crippen LogP) is 1.99. The van der Waals surface area contributed by atoms with E-state index in [2.05, 4.69) is 24.9 Å². The minimum atomic E-state index is -0.169. The van der Waals surface area contributed by atoms with E-state index in [0.29, 0.717) is 6.04 Å². The number of piperazine rings is 1. The van der Waals surface area contributed by atoms with E-state index in [4.69, 9.17) is 0 Å². The molecule has 0 saturated carbocycles. The average Bonchev–Trinajstić information content (AvgIpc) is 2.97. The van der Waals surface area contributed by atoms with Crippen molar-refractivity contribution in [3.8, 4) is 0 Å². The fourth-order valence-electron chi connectivity index (χ4n) is 3.49. The minimum Gasteiger partial charge on any atom is -0.369 e. The molecule has 2 saturated heterocycles. The van der Waals surface area contributed by atoms with E-state index >= 15 is 0 Å². The smallest absolute Gasteiger partial charge is 0.131 e. The molecule has 24 heavy (non-hydrogen) atoms. The van der Waals surface area contributed by atoms with E-state index in [1.165, 1.54) is 0 Å². The van der Waals surface area contributed by atoms with Crippen LogP contribution in [0.1, 0.15) is 10.0 Å². The van der Waals surface area contributed by atoms with E-state index in [1.54, 1.807) is 23.5 Å². The van der Waals surface area contributed by atoms with E-state index in [0.717, 1.165) is 61.5 Å². The maximum absolute atomic E-state index is 13.0. The first-order chi connectivity index (χ1) is 11.7. The molecule has 4 rings (SSSR count). The van der Waals surface area contributed by atoms with Crippen LogP contribution in [0.5, 0.6) is 0 Å².